The Kier molecular flexibility index (Phi) is 6.84. The number of rotatable bonds is 8. The average molecular weight is 296 g/mol. The van der Waals surface area contributed by atoms with Crippen molar-refractivity contribution in [1.29, 1.82) is 0 Å². The lowest BCUT2D eigenvalue weighted by Crippen LogP contribution is -2.38. The summed E-state index contributed by atoms with van der Waals surface area (Å²) in [6, 6.07) is 0.423. The average Bonchev–Trinajstić information content (AvgIpc) is 2.62. The zero-order valence-electron chi connectivity index (χ0n) is 14.0. The van der Waals surface area contributed by atoms with E-state index in [0.717, 1.165) is 17.9 Å². The molecule has 1 aromatic heterocycles. The molecule has 6 heteroatoms. The summed E-state index contributed by atoms with van der Waals surface area (Å²) in [7, 11) is 1.62. The van der Waals surface area contributed by atoms with Crippen LogP contribution in [-0.2, 0) is 22.6 Å². The Morgan fingerprint density at radius 2 is 2.00 bits per heavy atom. The molecule has 1 heterocycles. The first kappa shape index (κ1) is 17.7. The van der Waals surface area contributed by atoms with Crippen LogP contribution in [-0.4, -0.2) is 41.5 Å². The first-order valence-electron chi connectivity index (χ1n) is 7.39. The van der Waals surface area contributed by atoms with Gasteiger partial charge in [-0.2, -0.15) is 5.10 Å². The molecule has 1 aromatic rings. The molecular formula is C15H28N4O2. The number of nitrogens with one attached hydrogen (secondary N) is 2. The third-order valence-corrected chi connectivity index (χ3v) is 3.34. The largest absolute Gasteiger partial charge is 0.383 e. The van der Waals surface area contributed by atoms with Crippen LogP contribution in [0.25, 0.3) is 0 Å². The summed E-state index contributed by atoms with van der Waals surface area (Å²) in [6.45, 7) is 11.6. The number of ether oxygens (including phenoxy) is 1. The molecule has 1 unspecified atom stereocenters. The number of aryl methyl sites for hydroxylation is 1. The van der Waals surface area contributed by atoms with E-state index in [1.807, 2.05) is 20.8 Å². The lowest BCUT2D eigenvalue weighted by Gasteiger charge is -2.13. The molecule has 0 aliphatic heterocycles. The first-order valence-corrected chi connectivity index (χ1v) is 7.39. The van der Waals surface area contributed by atoms with Crippen LogP contribution in [0.2, 0.25) is 0 Å². The highest BCUT2D eigenvalue weighted by molar-refractivity contribution is 5.76. The number of amides is 1. The molecule has 1 amide bonds. The molecule has 0 aromatic carbocycles. The number of nitrogens with zero attached hydrogens (tertiary/aromatic N) is 2. The Balaban J connectivity index is 2.67. The molecule has 2 N–H and O–H groups in total. The molecule has 0 radical (unpaired) electrons. The van der Waals surface area contributed by atoms with E-state index in [4.69, 9.17) is 4.74 Å². The van der Waals surface area contributed by atoms with Crippen molar-refractivity contribution in [3.63, 3.8) is 0 Å². The molecule has 0 bridgehead atoms. The van der Waals surface area contributed by atoms with Crippen LogP contribution in [0.4, 0.5) is 0 Å². The summed E-state index contributed by atoms with van der Waals surface area (Å²) in [5, 5.41) is 10.7. The summed E-state index contributed by atoms with van der Waals surface area (Å²) >= 11 is 0. The van der Waals surface area contributed by atoms with Gasteiger partial charge in [0.2, 0.25) is 5.91 Å². The van der Waals surface area contributed by atoms with Gasteiger partial charge in [-0.15, -0.1) is 0 Å². The van der Waals surface area contributed by atoms with E-state index in [1.54, 1.807) is 11.8 Å². The topological polar surface area (TPSA) is 68.2 Å². The van der Waals surface area contributed by atoms with Crippen molar-refractivity contribution in [3.8, 4) is 0 Å². The highest BCUT2D eigenvalue weighted by Crippen LogP contribution is 2.13. The number of hydrogen-bond donors (Lipinski definition) is 2. The minimum absolute atomic E-state index is 0.00143. The first-order chi connectivity index (χ1) is 9.85. The van der Waals surface area contributed by atoms with Gasteiger partial charge in [0, 0.05) is 37.0 Å². The van der Waals surface area contributed by atoms with Crippen LogP contribution < -0.4 is 10.6 Å². The molecule has 0 aliphatic carbocycles. The lowest BCUT2D eigenvalue weighted by atomic mass is 10.2. The third kappa shape index (κ3) is 5.47. The Morgan fingerprint density at radius 1 is 1.33 bits per heavy atom. The summed E-state index contributed by atoms with van der Waals surface area (Å²) in [4.78, 5) is 12.0. The van der Waals surface area contributed by atoms with E-state index in [1.165, 1.54) is 5.56 Å². The smallest absolute Gasteiger partial charge is 0.242 e. The van der Waals surface area contributed by atoms with Crippen molar-refractivity contribution in [2.45, 2.75) is 59.8 Å². The summed E-state index contributed by atoms with van der Waals surface area (Å²) in [6.07, 6.45) is 0. The van der Waals surface area contributed by atoms with E-state index < -0.39 is 0 Å². The van der Waals surface area contributed by atoms with Crippen molar-refractivity contribution in [2.75, 3.05) is 13.7 Å². The van der Waals surface area contributed by atoms with Crippen LogP contribution in [0.5, 0.6) is 0 Å². The van der Waals surface area contributed by atoms with E-state index in [9.17, 15) is 4.79 Å². The lowest BCUT2D eigenvalue weighted by molar-refractivity contribution is -0.122. The van der Waals surface area contributed by atoms with Crippen molar-refractivity contribution >= 4 is 5.91 Å². The van der Waals surface area contributed by atoms with Crippen LogP contribution in [0.1, 0.15) is 37.7 Å². The number of methoxy groups -OCH3 is 1. The molecule has 1 rings (SSSR count). The fourth-order valence-corrected chi connectivity index (χ4v) is 2.20. The maximum Gasteiger partial charge on any atom is 0.242 e. The second kappa shape index (κ2) is 8.14. The van der Waals surface area contributed by atoms with Gasteiger partial charge in [-0.25, -0.2) is 0 Å². The molecule has 0 saturated heterocycles. The fraction of sp³-hybridized carbons (Fsp3) is 0.733. The molecule has 1 atom stereocenters. The highest BCUT2D eigenvalue weighted by Gasteiger charge is 2.15. The van der Waals surface area contributed by atoms with Gasteiger partial charge in [-0.05, 0) is 20.8 Å². The van der Waals surface area contributed by atoms with E-state index in [2.05, 4.69) is 29.6 Å². The normalized spacial score (nSPS) is 12.7. The van der Waals surface area contributed by atoms with Crippen LogP contribution >= 0.6 is 0 Å². The molecular weight excluding hydrogens is 268 g/mol. The zero-order chi connectivity index (χ0) is 16.0. The van der Waals surface area contributed by atoms with Gasteiger partial charge in [0.15, 0.2) is 0 Å². The molecule has 0 saturated carbocycles. The van der Waals surface area contributed by atoms with Crippen molar-refractivity contribution in [2.24, 2.45) is 0 Å². The van der Waals surface area contributed by atoms with Crippen LogP contribution in [0.3, 0.4) is 0 Å². The van der Waals surface area contributed by atoms with Crippen molar-refractivity contribution < 1.29 is 9.53 Å². The second-order valence-corrected chi connectivity index (χ2v) is 5.77. The highest BCUT2D eigenvalue weighted by atomic mass is 16.5. The van der Waals surface area contributed by atoms with E-state index in [-0.39, 0.29) is 18.5 Å². The van der Waals surface area contributed by atoms with Crippen molar-refractivity contribution in [1.82, 2.24) is 20.4 Å². The van der Waals surface area contributed by atoms with Gasteiger partial charge in [0.1, 0.15) is 6.54 Å². The zero-order valence-corrected chi connectivity index (χ0v) is 14.0. The SMILES string of the molecule is COCC(C)NC(=O)Cn1nc(C)c(CNC(C)C)c1C. The van der Waals surface area contributed by atoms with Gasteiger partial charge in [-0.1, -0.05) is 13.8 Å². The van der Waals surface area contributed by atoms with Gasteiger partial charge in [0.05, 0.1) is 12.3 Å². The maximum absolute atomic E-state index is 12.0. The third-order valence-electron chi connectivity index (χ3n) is 3.34. The van der Waals surface area contributed by atoms with Crippen LogP contribution in [0.15, 0.2) is 0 Å². The molecule has 0 fully saturated rings. The Bertz CT molecular complexity index is 468. The molecule has 21 heavy (non-hydrogen) atoms. The number of carbonyl (C=O) groups is 1. The Morgan fingerprint density at radius 3 is 2.57 bits per heavy atom. The number of carbonyl (C=O) groups excluding carboxylic acids is 1. The Hall–Kier alpha value is -1.40. The predicted molar refractivity (Wildman–Crippen MR) is 83.2 cm³/mol. The number of hydrogen-bond acceptors (Lipinski definition) is 4. The minimum atomic E-state index is -0.0477. The summed E-state index contributed by atoms with van der Waals surface area (Å²) < 4.78 is 6.78. The summed E-state index contributed by atoms with van der Waals surface area (Å²) in [5.74, 6) is -0.0477. The van der Waals surface area contributed by atoms with Gasteiger partial charge in [0.25, 0.3) is 0 Å². The van der Waals surface area contributed by atoms with E-state index in [0.29, 0.717) is 12.6 Å². The maximum atomic E-state index is 12.0. The predicted octanol–water partition coefficient (Wildman–Crippen LogP) is 1.15. The van der Waals surface area contributed by atoms with Crippen LogP contribution in [0, 0.1) is 13.8 Å². The molecule has 120 valence electrons. The van der Waals surface area contributed by atoms with Gasteiger partial charge in [-0.3, -0.25) is 9.48 Å². The van der Waals surface area contributed by atoms with Crippen molar-refractivity contribution in [3.05, 3.63) is 17.0 Å². The number of aromatic nitrogens is 2. The Labute approximate surface area is 127 Å². The van der Waals surface area contributed by atoms with Gasteiger partial charge >= 0.3 is 0 Å². The van der Waals surface area contributed by atoms with Gasteiger partial charge < -0.3 is 15.4 Å². The minimum Gasteiger partial charge on any atom is -0.383 e. The monoisotopic (exact) mass is 296 g/mol. The fourth-order valence-electron chi connectivity index (χ4n) is 2.20. The second-order valence-electron chi connectivity index (χ2n) is 5.77. The standard InChI is InChI=1S/C15H28N4O2/c1-10(2)16-7-14-12(4)18-19(13(14)5)8-15(20)17-11(3)9-21-6/h10-11,16H,7-9H2,1-6H3,(H,17,20). The quantitative estimate of drug-likeness (QED) is 0.755. The molecule has 0 aliphatic rings. The molecule has 6 nitrogen and oxygen atoms in total. The summed E-state index contributed by atoms with van der Waals surface area (Å²) in [5.41, 5.74) is 3.18. The molecule has 0 spiro atoms. The van der Waals surface area contributed by atoms with E-state index >= 15 is 0 Å².